The third-order valence-electron chi connectivity index (χ3n) is 1.05. The Bertz CT molecular complexity index is 120. The second-order valence-electron chi connectivity index (χ2n) is 3.45. The molecule has 0 aliphatic heterocycles. The van der Waals surface area contributed by atoms with E-state index in [9.17, 15) is 4.79 Å². The predicted octanol–water partition coefficient (Wildman–Crippen LogP) is -0.333. The fourth-order valence-corrected chi connectivity index (χ4v) is 0.671. The van der Waals surface area contributed by atoms with Gasteiger partial charge < -0.3 is 4.90 Å². The molecule has 66 valence electrons. The molecular formula is C7H19NOSiTi. The van der Waals surface area contributed by atoms with Crippen LogP contribution in [0, 0.1) is 5.41 Å². The van der Waals surface area contributed by atoms with Gasteiger partial charge in [-0.3, -0.25) is 4.79 Å². The standard InChI is InChI=1S/C7H15NO.H4Si.Ti/c1-7(2,3)6(9)8(4)5;;/h1-5H3;1H4;. The number of carbonyl (C=O) groups is 1. The molecule has 0 aromatic heterocycles. The van der Waals surface area contributed by atoms with Gasteiger partial charge in [0.05, 0.1) is 0 Å². The number of amides is 1. The Hall–Kier alpha value is 0.401. The Morgan fingerprint density at radius 1 is 1.18 bits per heavy atom. The van der Waals surface area contributed by atoms with Crippen molar-refractivity contribution in [3.63, 3.8) is 0 Å². The first-order chi connectivity index (χ1) is 3.85. The van der Waals surface area contributed by atoms with Crippen molar-refractivity contribution >= 4 is 16.9 Å². The summed E-state index contributed by atoms with van der Waals surface area (Å²) < 4.78 is 0. The van der Waals surface area contributed by atoms with Crippen molar-refractivity contribution in [2.45, 2.75) is 20.8 Å². The first-order valence-electron chi connectivity index (χ1n) is 3.07. The summed E-state index contributed by atoms with van der Waals surface area (Å²) in [5.41, 5.74) is -0.233. The van der Waals surface area contributed by atoms with Gasteiger partial charge in [-0.1, -0.05) is 20.8 Å². The molecule has 4 heteroatoms. The van der Waals surface area contributed by atoms with Crippen LogP contribution >= 0.6 is 0 Å². The monoisotopic (exact) mass is 209 g/mol. The SMILES string of the molecule is CN(C)C(=O)C(C)(C)C.[SiH4].[Ti]. The number of carbonyl (C=O) groups excluding carboxylic acids is 1. The first kappa shape index (κ1) is 17.5. The molecule has 0 atom stereocenters. The van der Waals surface area contributed by atoms with Gasteiger partial charge in [-0.25, -0.2) is 0 Å². The smallest absolute Gasteiger partial charge is 0.227 e. The zero-order valence-electron chi connectivity index (χ0n) is 7.36. The Labute approximate surface area is 88.6 Å². The first-order valence-corrected chi connectivity index (χ1v) is 3.07. The van der Waals surface area contributed by atoms with E-state index in [4.69, 9.17) is 0 Å². The molecule has 0 saturated heterocycles. The summed E-state index contributed by atoms with van der Waals surface area (Å²) >= 11 is 0. The van der Waals surface area contributed by atoms with Crippen LogP contribution in [0.2, 0.25) is 0 Å². The maximum Gasteiger partial charge on any atom is 0.227 e. The van der Waals surface area contributed by atoms with Crippen molar-refractivity contribution in [3.8, 4) is 0 Å². The van der Waals surface area contributed by atoms with Crippen molar-refractivity contribution in [1.29, 1.82) is 0 Å². The van der Waals surface area contributed by atoms with Crippen LogP contribution in [0.25, 0.3) is 0 Å². The number of nitrogens with zero attached hydrogens (tertiary/aromatic N) is 1. The van der Waals surface area contributed by atoms with Gasteiger partial charge in [-0.05, 0) is 11.0 Å². The van der Waals surface area contributed by atoms with Crippen LogP contribution in [0.5, 0.6) is 0 Å². The van der Waals surface area contributed by atoms with Crippen LogP contribution in [0.15, 0.2) is 0 Å². The minimum absolute atomic E-state index is 0. The minimum atomic E-state index is -0.233. The van der Waals surface area contributed by atoms with E-state index in [1.54, 1.807) is 19.0 Å². The second-order valence-corrected chi connectivity index (χ2v) is 3.45. The molecule has 0 aromatic rings. The van der Waals surface area contributed by atoms with E-state index in [0.29, 0.717) is 0 Å². The molecule has 0 rings (SSSR count). The largest absolute Gasteiger partial charge is 0.348 e. The van der Waals surface area contributed by atoms with Crippen LogP contribution in [0.4, 0.5) is 0 Å². The zero-order chi connectivity index (χ0) is 7.65. The molecule has 0 fully saturated rings. The fraction of sp³-hybridized carbons (Fsp3) is 0.857. The zero-order valence-corrected chi connectivity index (χ0v) is 8.92. The van der Waals surface area contributed by atoms with Crippen LogP contribution in [0.3, 0.4) is 0 Å². The summed E-state index contributed by atoms with van der Waals surface area (Å²) in [6, 6.07) is 0. The molecule has 0 aliphatic rings. The summed E-state index contributed by atoms with van der Waals surface area (Å²) in [7, 11) is 3.54. The van der Waals surface area contributed by atoms with Gasteiger partial charge in [0.15, 0.2) is 0 Å². The molecule has 0 heterocycles. The van der Waals surface area contributed by atoms with Crippen LogP contribution in [-0.4, -0.2) is 35.9 Å². The molecule has 2 nitrogen and oxygen atoms in total. The summed E-state index contributed by atoms with van der Waals surface area (Å²) in [5.74, 6) is 0.169. The quantitative estimate of drug-likeness (QED) is 0.500. The van der Waals surface area contributed by atoms with E-state index >= 15 is 0 Å². The Balaban J connectivity index is -0.000000320. The van der Waals surface area contributed by atoms with Gasteiger partial charge in [-0.15, -0.1) is 0 Å². The third-order valence-corrected chi connectivity index (χ3v) is 1.05. The molecule has 0 unspecified atom stereocenters. The Morgan fingerprint density at radius 3 is 1.45 bits per heavy atom. The number of hydrogen-bond acceptors (Lipinski definition) is 1. The molecule has 1 amide bonds. The van der Waals surface area contributed by atoms with E-state index in [0.717, 1.165) is 0 Å². The van der Waals surface area contributed by atoms with Crippen LogP contribution in [0.1, 0.15) is 20.8 Å². The van der Waals surface area contributed by atoms with Gasteiger partial charge in [0, 0.05) is 41.2 Å². The van der Waals surface area contributed by atoms with Crippen molar-refractivity contribution in [2.75, 3.05) is 14.1 Å². The third kappa shape index (κ3) is 6.79. The number of hydrogen-bond donors (Lipinski definition) is 0. The van der Waals surface area contributed by atoms with Crippen molar-refractivity contribution in [1.82, 2.24) is 4.90 Å². The molecule has 11 heavy (non-hydrogen) atoms. The van der Waals surface area contributed by atoms with Crippen LogP contribution < -0.4 is 0 Å². The second kappa shape index (κ2) is 5.98. The van der Waals surface area contributed by atoms with Crippen molar-refractivity contribution < 1.29 is 26.5 Å². The average molecular weight is 209 g/mol. The average Bonchev–Trinajstić information content (AvgIpc) is 1.62. The molecule has 0 bridgehead atoms. The maximum absolute atomic E-state index is 11.1. The van der Waals surface area contributed by atoms with Gasteiger partial charge in [-0.2, -0.15) is 0 Å². The van der Waals surface area contributed by atoms with E-state index in [1.165, 1.54) is 0 Å². The van der Waals surface area contributed by atoms with Gasteiger partial charge in [0.25, 0.3) is 0 Å². The summed E-state index contributed by atoms with van der Waals surface area (Å²) in [4.78, 5) is 12.7. The van der Waals surface area contributed by atoms with E-state index in [1.807, 2.05) is 20.8 Å². The van der Waals surface area contributed by atoms with Gasteiger partial charge in [0.1, 0.15) is 0 Å². The topological polar surface area (TPSA) is 20.3 Å². The fourth-order valence-electron chi connectivity index (χ4n) is 0.671. The van der Waals surface area contributed by atoms with Crippen molar-refractivity contribution in [3.05, 3.63) is 0 Å². The van der Waals surface area contributed by atoms with E-state index in [-0.39, 0.29) is 44.0 Å². The summed E-state index contributed by atoms with van der Waals surface area (Å²) in [6.07, 6.45) is 0. The normalized spacial score (nSPS) is 9.18. The molecular weight excluding hydrogens is 190 g/mol. The molecule has 0 spiro atoms. The number of rotatable bonds is 0. The predicted molar refractivity (Wildman–Crippen MR) is 49.5 cm³/mol. The molecule has 0 radical (unpaired) electrons. The van der Waals surface area contributed by atoms with E-state index < -0.39 is 0 Å². The summed E-state index contributed by atoms with van der Waals surface area (Å²) in [6.45, 7) is 5.74. The van der Waals surface area contributed by atoms with Crippen molar-refractivity contribution in [2.24, 2.45) is 5.41 Å². The Kier molecular flexibility index (Phi) is 9.50. The molecule has 0 aliphatic carbocycles. The van der Waals surface area contributed by atoms with Crippen LogP contribution in [-0.2, 0) is 26.5 Å². The molecule has 0 saturated carbocycles. The van der Waals surface area contributed by atoms with Gasteiger partial charge in [0.2, 0.25) is 5.91 Å². The van der Waals surface area contributed by atoms with E-state index in [2.05, 4.69) is 0 Å². The molecule has 0 N–H and O–H groups in total. The minimum Gasteiger partial charge on any atom is -0.348 e. The Morgan fingerprint density at radius 2 is 1.45 bits per heavy atom. The molecule has 0 aromatic carbocycles. The van der Waals surface area contributed by atoms with Gasteiger partial charge >= 0.3 is 0 Å². The maximum atomic E-state index is 11.1. The summed E-state index contributed by atoms with van der Waals surface area (Å²) in [5, 5.41) is 0.